The molecule has 174 valence electrons. The van der Waals surface area contributed by atoms with Crippen molar-refractivity contribution in [3.8, 4) is 0 Å². The Labute approximate surface area is 197 Å². The van der Waals surface area contributed by atoms with Crippen LogP contribution in [0.15, 0.2) is 21.6 Å². The highest BCUT2D eigenvalue weighted by Gasteiger charge is 2.55. The van der Waals surface area contributed by atoms with Crippen molar-refractivity contribution in [1.82, 2.24) is 40.2 Å². The van der Waals surface area contributed by atoms with Gasteiger partial charge in [-0.05, 0) is 17.7 Å². The summed E-state index contributed by atoms with van der Waals surface area (Å²) in [5, 5.41) is 29.1. The molecule has 0 radical (unpaired) electrons. The van der Waals surface area contributed by atoms with E-state index in [4.69, 9.17) is 10.6 Å². The number of hydrogen-bond donors (Lipinski definition) is 4. The summed E-state index contributed by atoms with van der Waals surface area (Å²) >= 11 is 3.42. The van der Waals surface area contributed by atoms with Crippen molar-refractivity contribution in [3.05, 3.63) is 17.1 Å². The first-order valence-electron chi connectivity index (χ1n) is 9.14. The second-order valence-electron chi connectivity index (χ2n) is 6.57. The zero-order valence-corrected chi connectivity index (χ0v) is 19.4. The van der Waals surface area contributed by atoms with Gasteiger partial charge in [0.1, 0.15) is 24.2 Å². The van der Waals surface area contributed by atoms with Gasteiger partial charge < -0.3 is 21.0 Å². The molecule has 2 amide bonds. The van der Waals surface area contributed by atoms with Crippen LogP contribution in [-0.2, 0) is 19.2 Å². The number of oxime groups is 1. The molecule has 3 atom stereocenters. The molecule has 2 aromatic heterocycles. The highest BCUT2D eigenvalue weighted by Crippen LogP contribution is 2.43. The van der Waals surface area contributed by atoms with E-state index < -0.39 is 29.2 Å². The molecule has 1 saturated heterocycles. The Morgan fingerprint density at radius 2 is 2.27 bits per heavy atom. The number of fused-ring (bicyclic) bond motifs is 1. The molecule has 0 bridgehead atoms. The van der Waals surface area contributed by atoms with Crippen LogP contribution in [-0.4, -0.2) is 93.0 Å². The van der Waals surface area contributed by atoms with Crippen LogP contribution < -0.4 is 11.1 Å². The van der Waals surface area contributed by atoms with Crippen molar-refractivity contribution in [1.29, 1.82) is 0 Å². The van der Waals surface area contributed by atoms with E-state index in [9.17, 15) is 19.5 Å². The van der Waals surface area contributed by atoms with Gasteiger partial charge in [0.15, 0.2) is 5.13 Å². The largest absolute Gasteiger partial charge is 0.477 e. The topological polar surface area (TPSA) is 215 Å². The summed E-state index contributed by atoms with van der Waals surface area (Å²) in [6.07, 6.45) is 0. The zero-order chi connectivity index (χ0) is 23.7. The summed E-state index contributed by atoms with van der Waals surface area (Å²) in [5.74, 6) is -2.26. The molecule has 1 fully saturated rings. The van der Waals surface area contributed by atoms with Gasteiger partial charge in [-0.3, -0.25) is 14.5 Å². The lowest BCUT2D eigenvalue weighted by Gasteiger charge is -2.49. The normalized spacial score (nSPS) is 21.3. The smallest absolute Gasteiger partial charge is 0.352 e. The average Bonchev–Trinajstić information content (AvgIpc) is 3.45. The molecule has 0 aliphatic carbocycles. The minimum Gasteiger partial charge on any atom is -0.477 e. The number of hydrogen-bond acceptors (Lipinski definition) is 14. The Bertz CT molecular complexity index is 1150. The number of tetrazole rings is 1. The predicted molar refractivity (Wildman–Crippen MR) is 117 cm³/mol. The number of aliphatic carboxylic acids is 1. The maximum absolute atomic E-state index is 12.9. The summed E-state index contributed by atoms with van der Waals surface area (Å²) in [6, 6.07) is -0.961. The Kier molecular flexibility index (Phi) is 6.47. The Hall–Kier alpha value is -3.25. The molecule has 4 heterocycles. The molecule has 0 aromatic carbocycles. The molecule has 2 aliphatic rings. The number of β-lactam (4-membered cyclic amide) rings is 1. The minimum atomic E-state index is -1.24. The molecule has 0 spiro atoms. The second-order valence-corrected chi connectivity index (χ2v) is 9.77. The molecule has 0 saturated carbocycles. The third kappa shape index (κ3) is 4.35. The third-order valence-corrected chi connectivity index (χ3v) is 7.50. The first-order chi connectivity index (χ1) is 15.8. The minimum absolute atomic E-state index is 0.0440. The number of carbonyl (C=O) groups is 3. The summed E-state index contributed by atoms with van der Waals surface area (Å²) in [4.78, 5) is 47.5. The quantitative estimate of drug-likeness (QED) is 0.143. The molecule has 2 aliphatic heterocycles. The monoisotopic (exact) mass is 512 g/mol. The SMILES string of the molecule is CON=C(C(=O)NC1C(=O)N2C(C(=O)O)=C(C(C)Sc3nn[nH]n3)CS[C@H]12)c1nsc(N)n1. The fourth-order valence-corrected chi connectivity index (χ4v) is 6.05. The summed E-state index contributed by atoms with van der Waals surface area (Å²) in [6.45, 7) is 1.80. The van der Waals surface area contributed by atoms with Gasteiger partial charge in [-0.25, -0.2) is 4.79 Å². The van der Waals surface area contributed by atoms with Gasteiger partial charge in [-0.2, -0.15) is 14.6 Å². The van der Waals surface area contributed by atoms with Crippen molar-refractivity contribution in [2.45, 2.75) is 28.7 Å². The number of thioether (sulfide) groups is 2. The van der Waals surface area contributed by atoms with E-state index in [1.54, 1.807) is 6.92 Å². The fourth-order valence-electron chi connectivity index (χ4n) is 3.20. The zero-order valence-electron chi connectivity index (χ0n) is 17.0. The lowest BCUT2D eigenvalue weighted by Crippen LogP contribution is -2.71. The Morgan fingerprint density at radius 3 is 2.88 bits per heavy atom. The van der Waals surface area contributed by atoms with Crippen LogP contribution in [0.4, 0.5) is 5.13 Å². The van der Waals surface area contributed by atoms with E-state index in [0.717, 1.165) is 11.5 Å². The van der Waals surface area contributed by atoms with Crippen LogP contribution in [0.3, 0.4) is 0 Å². The number of rotatable bonds is 8. The average molecular weight is 513 g/mol. The van der Waals surface area contributed by atoms with E-state index >= 15 is 0 Å². The number of carboxylic acid groups (broad SMARTS) is 1. The molecule has 5 N–H and O–H groups in total. The number of H-pyrrole nitrogens is 1. The molecular weight excluding hydrogens is 496 g/mol. The number of nitrogens with two attached hydrogens (primary N) is 1. The fraction of sp³-hybridized carbons (Fsp3) is 0.400. The molecule has 4 rings (SSSR count). The molecule has 18 heteroatoms. The summed E-state index contributed by atoms with van der Waals surface area (Å²) in [7, 11) is 1.25. The number of nitrogen functional groups attached to an aromatic ring is 1. The molecule has 33 heavy (non-hydrogen) atoms. The third-order valence-electron chi connectivity index (χ3n) is 4.64. The summed E-state index contributed by atoms with van der Waals surface area (Å²) < 4.78 is 3.93. The van der Waals surface area contributed by atoms with Gasteiger partial charge in [0.25, 0.3) is 11.8 Å². The Balaban J connectivity index is 1.52. The molecule has 15 nitrogen and oxygen atoms in total. The van der Waals surface area contributed by atoms with Gasteiger partial charge >= 0.3 is 5.97 Å². The van der Waals surface area contributed by atoms with Gasteiger partial charge in [0.05, 0.1) is 0 Å². The number of nitrogens with one attached hydrogen (secondary N) is 2. The van der Waals surface area contributed by atoms with E-state index in [1.807, 2.05) is 0 Å². The van der Waals surface area contributed by atoms with Gasteiger partial charge in [0, 0.05) is 22.5 Å². The first-order valence-corrected chi connectivity index (χ1v) is 11.8. The van der Waals surface area contributed by atoms with Crippen molar-refractivity contribution < 1.29 is 24.3 Å². The van der Waals surface area contributed by atoms with Gasteiger partial charge in [0.2, 0.25) is 16.7 Å². The van der Waals surface area contributed by atoms with Crippen molar-refractivity contribution >= 4 is 63.7 Å². The number of anilines is 1. The predicted octanol–water partition coefficient (Wildman–Crippen LogP) is -1.10. The van der Waals surface area contributed by atoms with Crippen LogP contribution in [0.2, 0.25) is 0 Å². The number of aromatic nitrogens is 6. The van der Waals surface area contributed by atoms with Gasteiger partial charge in [-0.15, -0.1) is 22.0 Å². The van der Waals surface area contributed by atoms with Crippen molar-refractivity contribution in [3.63, 3.8) is 0 Å². The van der Waals surface area contributed by atoms with Crippen molar-refractivity contribution in [2.75, 3.05) is 18.6 Å². The maximum atomic E-state index is 12.9. The first kappa shape index (κ1) is 22.9. The lowest BCUT2D eigenvalue weighted by molar-refractivity contribution is -0.150. The van der Waals surface area contributed by atoms with Crippen LogP contribution in [0.5, 0.6) is 0 Å². The highest BCUT2D eigenvalue weighted by molar-refractivity contribution is 8.01. The lowest BCUT2D eigenvalue weighted by atomic mass is 10.0. The molecular formula is C15H16N10O5S3. The highest BCUT2D eigenvalue weighted by atomic mass is 32.2. The Morgan fingerprint density at radius 1 is 1.48 bits per heavy atom. The number of carboxylic acids is 1. The van der Waals surface area contributed by atoms with Crippen LogP contribution in [0.25, 0.3) is 0 Å². The van der Waals surface area contributed by atoms with E-state index in [0.29, 0.717) is 16.5 Å². The molecule has 2 unspecified atom stereocenters. The standard InChI is InChI=1S/C15H16N10O5S3/c1-4(32-15-19-23-24-20-15)5-3-31-12-7(11(27)25(12)8(5)13(28)29)17-10(26)6(21-30-2)9-18-14(16)33-22-9/h4,7,12H,3H2,1-2H3,(H,17,26)(H,28,29)(H2,16,18,22)(H,19,20,23,24)/t4?,7?,12-/m1/s1. The second kappa shape index (κ2) is 9.32. The number of amides is 2. The molecule has 2 aromatic rings. The van der Waals surface area contributed by atoms with E-state index in [2.05, 4.69) is 40.5 Å². The van der Waals surface area contributed by atoms with Crippen LogP contribution in [0.1, 0.15) is 12.7 Å². The number of nitrogens with zero attached hydrogens (tertiary/aromatic N) is 7. The van der Waals surface area contributed by atoms with Gasteiger partial charge in [-0.1, -0.05) is 16.9 Å². The van der Waals surface area contributed by atoms with Crippen molar-refractivity contribution in [2.24, 2.45) is 5.16 Å². The summed E-state index contributed by atoms with van der Waals surface area (Å²) in [5.41, 5.74) is 5.74. The van der Waals surface area contributed by atoms with Crippen LogP contribution >= 0.6 is 35.1 Å². The van der Waals surface area contributed by atoms with E-state index in [-0.39, 0.29) is 27.6 Å². The van der Waals surface area contributed by atoms with Crippen LogP contribution in [0, 0.1) is 0 Å². The van der Waals surface area contributed by atoms with E-state index in [1.165, 1.54) is 35.5 Å². The maximum Gasteiger partial charge on any atom is 0.352 e. The number of aromatic amines is 1. The number of carbonyl (C=O) groups excluding carboxylic acids is 2.